The molecule has 0 saturated carbocycles. The molecule has 1 heterocycles. The van der Waals surface area contributed by atoms with Crippen LogP contribution in [0.5, 0.6) is 11.5 Å². The Hall–Kier alpha value is -2.82. The van der Waals surface area contributed by atoms with Crippen molar-refractivity contribution in [3.63, 3.8) is 0 Å². The van der Waals surface area contributed by atoms with Crippen LogP contribution in [0.1, 0.15) is 6.92 Å². The minimum absolute atomic E-state index is 0.00395. The number of hydrogen-bond acceptors (Lipinski definition) is 3. The summed E-state index contributed by atoms with van der Waals surface area (Å²) in [6, 6.07) is 9.81. The van der Waals surface area contributed by atoms with Crippen molar-refractivity contribution in [1.29, 1.82) is 0 Å². The summed E-state index contributed by atoms with van der Waals surface area (Å²) in [5, 5.41) is 0.00395. The van der Waals surface area contributed by atoms with Crippen LogP contribution in [0.25, 0.3) is 22.0 Å². The lowest BCUT2D eigenvalue weighted by molar-refractivity contribution is 0.343. The molecule has 0 saturated heterocycles. The number of aromatic amines is 1. The number of hydrogen-bond donors (Lipinski definition) is 1. The molecule has 0 fully saturated rings. The quantitative estimate of drug-likeness (QED) is 0.798. The number of pyridine rings is 1. The van der Waals surface area contributed by atoms with Crippen LogP contribution in [0.15, 0.2) is 47.4 Å². The van der Waals surface area contributed by atoms with Crippen molar-refractivity contribution in [3.05, 3.63) is 58.6 Å². The molecule has 1 N–H and O–H groups in total. The number of halogens is 1. The predicted molar refractivity (Wildman–Crippen MR) is 87.7 cm³/mol. The molecule has 2 aromatic carbocycles. The molecule has 0 aliphatic rings. The molecule has 0 amide bonds. The summed E-state index contributed by atoms with van der Waals surface area (Å²) in [4.78, 5) is 15.7. The lowest BCUT2D eigenvalue weighted by Crippen LogP contribution is -2.09. The molecule has 0 radical (unpaired) electrons. The molecule has 0 aliphatic carbocycles. The SMILES string of the molecule is CCOc1ccc(F)c2c(=O)c(-c3ccc(OC)cc3)c[nH]c12. The van der Waals surface area contributed by atoms with Crippen LogP contribution in [-0.2, 0) is 0 Å². The van der Waals surface area contributed by atoms with Gasteiger partial charge < -0.3 is 14.5 Å². The molecule has 5 heteroatoms. The normalized spacial score (nSPS) is 10.7. The molecule has 118 valence electrons. The molecule has 0 unspecified atom stereocenters. The predicted octanol–water partition coefficient (Wildman–Crippen LogP) is 3.74. The second-order valence-corrected chi connectivity index (χ2v) is 4.99. The van der Waals surface area contributed by atoms with Gasteiger partial charge in [0.25, 0.3) is 0 Å². The molecular weight excluding hydrogens is 297 g/mol. The maximum atomic E-state index is 14.2. The fourth-order valence-electron chi connectivity index (χ4n) is 2.53. The average Bonchev–Trinajstić information content (AvgIpc) is 2.58. The van der Waals surface area contributed by atoms with Crippen molar-refractivity contribution in [2.24, 2.45) is 0 Å². The van der Waals surface area contributed by atoms with E-state index in [-0.39, 0.29) is 10.8 Å². The van der Waals surface area contributed by atoms with Crippen LogP contribution < -0.4 is 14.9 Å². The number of ether oxygens (including phenoxy) is 2. The fraction of sp³-hybridized carbons (Fsp3) is 0.167. The third-order valence-electron chi connectivity index (χ3n) is 3.65. The summed E-state index contributed by atoms with van der Waals surface area (Å²) in [5.74, 6) is 0.582. The minimum Gasteiger partial charge on any atom is -0.497 e. The van der Waals surface area contributed by atoms with Crippen LogP contribution in [-0.4, -0.2) is 18.7 Å². The monoisotopic (exact) mass is 313 g/mol. The van der Waals surface area contributed by atoms with Crippen LogP contribution in [0.2, 0.25) is 0 Å². The zero-order chi connectivity index (χ0) is 16.4. The van der Waals surface area contributed by atoms with Gasteiger partial charge in [-0.3, -0.25) is 4.79 Å². The van der Waals surface area contributed by atoms with E-state index in [9.17, 15) is 9.18 Å². The van der Waals surface area contributed by atoms with E-state index in [0.29, 0.717) is 34.7 Å². The van der Waals surface area contributed by atoms with E-state index in [1.54, 1.807) is 37.6 Å². The third kappa shape index (κ3) is 2.65. The Morgan fingerprint density at radius 3 is 2.52 bits per heavy atom. The van der Waals surface area contributed by atoms with Crippen molar-refractivity contribution in [1.82, 2.24) is 4.98 Å². The summed E-state index contributed by atoms with van der Waals surface area (Å²) in [7, 11) is 1.57. The van der Waals surface area contributed by atoms with E-state index in [4.69, 9.17) is 9.47 Å². The summed E-state index contributed by atoms with van der Waals surface area (Å²) in [5.41, 5.74) is 1.08. The maximum Gasteiger partial charge on any atom is 0.200 e. The van der Waals surface area contributed by atoms with E-state index >= 15 is 0 Å². The van der Waals surface area contributed by atoms with E-state index in [1.807, 2.05) is 6.92 Å². The zero-order valence-electron chi connectivity index (χ0n) is 12.9. The molecule has 3 aromatic rings. The average molecular weight is 313 g/mol. The van der Waals surface area contributed by atoms with Crippen LogP contribution in [0, 0.1) is 5.82 Å². The third-order valence-corrected chi connectivity index (χ3v) is 3.65. The number of aromatic nitrogens is 1. The van der Waals surface area contributed by atoms with Gasteiger partial charge in [-0.25, -0.2) is 4.39 Å². The number of nitrogens with one attached hydrogen (secondary N) is 1. The molecule has 0 atom stereocenters. The van der Waals surface area contributed by atoms with Crippen molar-refractivity contribution in [2.45, 2.75) is 6.92 Å². The van der Waals surface area contributed by atoms with E-state index in [1.165, 1.54) is 12.1 Å². The number of methoxy groups -OCH3 is 1. The number of fused-ring (bicyclic) bond motifs is 1. The Labute approximate surface area is 132 Å². The lowest BCUT2D eigenvalue weighted by Gasteiger charge is -2.10. The molecule has 3 rings (SSSR count). The highest BCUT2D eigenvalue weighted by Crippen LogP contribution is 2.27. The largest absolute Gasteiger partial charge is 0.497 e. The number of benzene rings is 2. The zero-order valence-corrected chi connectivity index (χ0v) is 12.9. The van der Waals surface area contributed by atoms with Crippen molar-refractivity contribution >= 4 is 10.9 Å². The van der Waals surface area contributed by atoms with Gasteiger partial charge in [0, 0.05) is 11.8 Å². The topological polar surface area (TPSA) is 51.3 Å². The Kier molecular flexibility index (Phi) is 4.02. The first-order valence-electron chi connectivity index (χ1n) is 7.26. The molecule has 1 aromatic heterocycles. The highest BCUT2D eigenvalue weighted by Gasteiger charge is 2.14. The Bertz CT molecular complexity index is 901. The van der Waals surface area contributed by atoms with E-state index < -0.39 is 5.82 Å². The Balaban J connectivity index is 2.22. The van der Waals surface area contributed by atoms with Gasteiger partial charge in [-0.05, 0) is 36.8 Å². The second kappa shape index (κ2) is 6.12. The smallest absolute Gasteiger partial charge is 0.200 e. The van der Waals surface area contributed by atoms with Crippen molar-refractivity contribution in [2.75, 3.05) is 13.7 Å². The van der Waals surface area contributed by atoms with Crippen molar-refractivity contribution < 1.29 is 13.9 Å². The van der Waals surface area contributed by atoms with Gasteiger partial charge >= 0.3 is 0 Å². The van der Waals surface area contributed by atoms with Gasteiger partial charge in [-0.15, -0.1) is 0 Å². The highest BCUT2D eigenvalue weighted by molar-refractivity contribution is 5.88. The van der Waals surface area contributed by atoms with E-state index in [2.05, 4.69) is 4.98 Å². The van der Waals surface area contributed by atoms with Crippen LogP contribution in [0.3, 0.4) is 0 Å². The van der Waals surface area contributed by atoms with Crippen LogP contribution in [0.4, 0.5) is 4.39 Å². The molecular formula is C18H16FNO3. The second-order valence-electron chi connectivity index (χ2n) is 4.99. The molecule has 23 heavy (non-hydrogen) atoms. The summed E-state index contributed by atoms with van der Waals surface area (Å²) in [6.45, 7) is 2.27. The minimum atomic E-state index is -0.569. The van der Waals surface area contributed by atoms with Gasteiger partial charge in [-0.1, -0.05) is 12.1 Å². The summed E-state index contributed by atoms with van der Waals surface area (Å²) >= 11 is 0. The molecule has 0 bridgehead atoms. The molecule has 0 aliphatic heterocycles. The molecule has 0 spiro atoms. The van der Waals surface area contributed by atoms with Gasteiger partial charge in [0.2, 0.25) is 0 Å². The van der Waals surface area contributed by atoms with Gasteiger partial charge in [0.15, 0.2) is 5.43 Å². The van der Waals surface area contributed by atoms with Crippen LogP contribution >= 0.6 is 0 Å². The first-order valence-corrected chi connectivity index (χ1v) is 7.26. The standard InChI is InChI=1S/C18H16FNO3/c1-3-23-15-9-8-14(19)16-17(15)20-10-13(18(16)21)11-4-6-12(22-2)7-5-11/h4-10H,3H2,1-2H3,(H,20,21). The first kappa shape index (κ1) is 15.1. The maximum absolute atomic E-state index is 14.2. The Morgan fingerprint density at radius 2 is 1.87 bits per heavy atom. The summed E-state index contributed by atoms with van der Waals surface area (Å²) < 4.78 is 24.7. The van der Waals surface area contributed by atoms with Gasteiger partial charge in [0.05, 0.1) is 24.6 Å². The van der Waals surface area contributed by atoms with Gasteiger partial charge in [-0.2, -0.15) is 0 Å². The summed E-state index contributed by atoms with van der Waals surface area (Å²) in [6.07, 6.45) is 1.58. The Morgan fingerprint density at radius 1 is 1.13 bits per heavy atom. The lowest BCUT2D eigenvalue weighted by atomic mass is 10.0. The molecule has 4 nitrogen and oxygen atoms in total. The first-order chi connectivity index (χ1) is 11.2. The van der Waals surface area contributed by atoms with Gasteiger partial charge in [0.1, 0.15) is 17.3 Å². The number of rotatable bonds is 4. The van der Waals surface area contributed by atoms with E-state index in [0.717, 1.165) is 0 Å². The van der Waals surface area contributed by atoms with Crippen molar-refractivity contribution in [3.8, 4) is 22.6 Å². The number of H-pyrrole nitrogens is 1. The highest BCUT2D eigenvalue weighted by atomic mass is 19.1. The fourth-order valence-corrected chi connectivity index (χ4v) is 2.53.